The van der Waals surface area contributed by atoms with Crippen molar-refractivity contribution < 1.29 is 9.15 Å². The maximum atomic E-state index is 6.88. The fourth-order valence-electron chi connectivity index (χ4n) is 8.73. The van der Waals surface area contributed by atoms with E-state index < -0.39 is 5.41 Å². The quantitative estimate of drug-likeness (QED) is 0.187. The lowest BCUT2D eigenvalue weighted by Gasteiger charge is -2.39. The molecule has 244 valence electrons. The second-order valence-electron chi connectivity index (χ2n) is 13.7. The highest BCUT2D eigenvalue weighted by Crippen LogP contribution is 2.62. The maximum Gasteiger partial charge on any atom is 0.137 e. The Bertz CT molecular complexity index is 2790. The predicted octanol–water partition coefficient (Wildman–Crippen LogP) is 13.2. The standard InChI is InChI=1S/C49H31NO2/c1-3-14-32(15-4-1)33-16-13-19-35(28-33)50(34-17-5-2-6-18-34)36-26-27-38-40-30-39-37-20-7-8-21-41(37)49(44(39)31-48(40)52-47(38)29-36)42-22-9-11-24-45(42)51-46-25-12-10-23-43(46)49/h1-31H. The zero-order valence-corrected chi connectivity index (χ0v) is 28.2. The van der Waals surface area contributed by atoms with Crippen LogP contribution in [0.25, 0.3) is 44.2 Å². The average molecular weight is 666 g/mol. The molecule has 1 aliphatic carbocycles. The van der Waals surface area contributed by atoms with Crippen LogP contribution in [-0.4, -0.2) is 0 Å². The van der Waals surface area contributed by atoms with Gasteiger partial charge in [0.1, 0.15) is 22.7 Å². The van der Waals surface area contributed by atoms with Gasteiger partial charge in [-0.05, 0) is 94.0 Å². The SMILES string of the molecule is c1ccc(-c2cccc(N(c3ccccc3)c3ccc4c(c3)oc3cc5c(cc34)-c3ccccc3C53c4ccccc4Oc4ccccc43)c2)cc1. The van der Waals surface area contributed by atoms with Crippen LogP contribution in [0.3, 0.4) is 0 Å². The van der Waals surface area contributed by atoms with Crippen LogP contribution < -0.4 is 9.64 Å². The second kappa shape index (κ2) is 11.1. The van der Waals surface area contributed by atoms with Crippen LogP contribution in [0.4, 0.5) is 17.1 Å². The van der Waals surface area contributed by atoms with E-state index in [1.54, 1.807) is 0 Å². The van der Waals surface area contributed by atoms with E-state index in [0.717, 1.165) is 61.6 Å². The molecule has 3 nitrogen and oxygen atoms in total. The first-order chi connectivity index (χ1) is 25.8. The van der Waals surface area contributed by atoms with Gasteiger partial charge < -0.3 is 14.1 Å². The summed E-state index contributed by atoms with van der Waals surface area (Å²) in [7, 11) is 0. The first-order valence-corrected chi connectivity index (χ1v) is 17.8. The molecule has 0 saturated carbocycles. The van der Waals surface area contributed by atoms with Gasteiger partial charge in [0.05, 0.1) is 5.41 Å². The molecule has 9 aromatic rings. The number of nitrogens with zero attached hydrogens (tertiary/aromatic N) is 1. The van der Waals surface area contributed by atoms with E-state index in [2.05, 4.69) is 193 Å². The van der Waals surface area contributed by atoms with Crippen LogP contribution in [0.2, 0.25) is 0 Å². The molecule has 52 heavy (non-hydrogen) atoms. The normalized spacial score (nSPS) is 13.3. The van der Waals surface area contributed by atoms with Gasteiger partial charge in [0.25, 0.3) is 0 Å². The minimum atomic E-state index is -0.538. The van der Waals surface area contributed by atoms with Gasteiger partial charge in [-0.25, -0.2) is 0 Å². The number of furan rings is 1. The molecule has 0 N–H and O–H groups in total. The van der Waals surface area contributed by atoms with Crippen molar-refractivity contribution in [2.24, 2.45) is 0 Å². The van der Waals surface area contributed by atoms with Crippen LogP contribution in [-0.2, 0) is 5.41 Å². The Labute approximate surface area is 301 Å². The predicted molar refractivity (Wildman–Crippen MR) is 211 cm³/mol. The van der Waals surface area contributed by atoms with Crippen LogP contribution >= 0.6 is 0 Å². The monoisotopic (exact) mass is 665 g/mol. The van der Waals surface area contributed by atoms with Gasteiger partial charge in [-0.1, -0.05) is 121 Å². The molecule has 11 rings (SSSR count). The summed E-state index contributed by atoms with van der Waals surface area (Å²) >= 11 is 0. The number of benzene rings is 8. The summed E-state index contributed by atoms with van der Waals surface area (Å²) in [6, 6.07) is 66.9. The highest BCUT2D eigenvalue weighted by atomic mass is 16.5. The van der Waals surface area contributed by atoms with Crippen molar-refractivity contribution in [3.63, 3.8) is 0 Å². The van der Waals surface area contributed by atoms with Crippen molar-refractivity contribution in [3.8, 4) is 33.8 Å². The van der Waals surface area contributed by atoms with E-state index in [1.807, 2.05) is 0 Å². The largest absolute Gasteiger partial charge is 0.457 e. The first-order valence-electron chi connectivity index (χ1n) is 17.8. The second-order valence-corrected chi connectivity index (χ2v) is 13.7. The lowest BCUT2D eigenvalue weighted by molar-refractivity contribution is 0.436. The Morgan fingerprint density at radius 1 is 0.365 bits per heavy atom. The van der Waals surface area contributed by atoms with Crippen molar-refractivity contribution >= 4 is 39.0 Å². The Kier molecular flexibility index (Phi) is 6.17. The molecule has 0 bridgehead atoms. The summed E-state index contributed by atoms with van der Waals surface area (Å²) in [6.45, 7) is 0. The highest BCUT2D eigenvalue weighted by molar-refractivity contribution is 6.09. The van der Waals surface area contributed by atoms with E-state index in [9.17, 15) is 0 Å². The molecule has 8 aromatic carbocycles. The highest BCUT2D eigenvalue weighted by Gasteiger charge is 2.51. The Morgan fingerprint density at radius 2 is 0.962 bits per heavy atom. The molecule has 0 amide bonds. The lowest BCUT2D eigenvalue weighted by atomic mass is 9.66. The zero-order valence-electron chi connectivity index (χ0n) is 28.2. The molecule has 0 saturated heterocycles. The summed E-state index contributed by atoms with van der Waals surface area (Å²) in [5.74, 6) is 1.77. The van der Waals surface area contributed by atoms with Crippen molar-refractivity contribution in [1.29, 1.82) is 0 Å². The molecule has 0 atom stereocenters. The molecule has 0 radical (unpaired) electrons. The number of anilines is 3. The third kappa shape index (κ3) is 4.08. The number of hydrogen-bond donors (Lipinski definition) is 0. The summed E-state index contributed by atoms with van der Waals surface area (Å²) < 4.78 is 13.4. The molecule has 1 spiro atoms. The van der Waals surface area contributed by atoms with E-state index in [-0.39, 0.29) is 0 Å². The van der Waals surface area contributed by atoms with Crippen LogP contribution in [0.1, 0.15) is 22.3 Å². The third-order valence-electron chi connectivity index (χ3n) is 10.9. The molecule has 2 heterocycles. The molecule has 2 aliphatic rings. The van der Waals surface area contributed by atoms with Crippen molar-refractivity contribution in [2.75, 3.05) is 4.90 Å². The van der Waals surface area contributed by atoms with Crippen LogP contribution in [0.5, 0.6) is 11.5 Å². The number of ether oxygens (including phenoxy) is 1. The van der Waals surface area contributed by atoms with Gasteiger partial charge in [0.2, 0.25) is 0 Å². The fraction of sp³-hybridized carbons (Fsp3) is 0.0204. The lowest BCUT2D eigenvalue weighted by Crippen LogP contribution is -2.32. The van der Waals surface area contributed by atoms with E-state index in [1.165, 1.54) is 33.4 Å². The van der Waals surface area contributed by atoms with Crippen molar-refractivity contribution in [3.05, 3.63) is 210 Å². The summed E-state index contributed by atoms with van der Waals surface area (Å²) in [5, 5.41) is 2.21. The number of hydrogen-bond acceptors (Lipinski definition) is 3. The van der Waals surface area contributed by atoms with E-state index in [4.69, 9.17) is 9.15 Å². The van der Waals surface area contributed by atoms with Gasteiger partial charge in [-0.15, -0.1) is 0 Å². The fourth-order valence-corrected chi connectivity index (χ4v) is 8.73. The third-order valence-corrected chi connectivity index (χ3v) is 10.9. The Morgan fingerprint density at radius 3 is 1.73 bits per heavy atom. The molecular weight excluding hydrogens is 635 g/mol. The van der Waals surface area contributed by atoms with Gasteiger partial charge in [-0.2, -0.15) is 0 Å². The minimum absolute atomic E-state index is 0.538. The molecule has 3 heteroatoms. The van der Waals surface area contributed by atoms with E-state index in [0.29, 0.717) is 0 Å². The van der Waals surface area contributed by atoms with E-state index >= 15 is 0 Å². The molecule has 0 fully saturated rings. The number of fused-ring (bicyclic) bond motifs is 12. The first kappa shape index (κ1) is 28.9. The maximum absolute atomic E-state index is 6.88. The molecule has 1 aliphatic heterocycles. The van der Waals surface area contributed by atoms with Crippen molar-refractivity contribution in [1.82, 2.24) is 0 Å². The van der Waals surface area contributed by atoms with Crippen LogP contribution in [0.15, 0.2) is 192 Å². The Balaban J connectivity index is 1.12. The smallest absolute Gasteiger partial charge is 0.137 e. The summed E-state index contributed by atoms with van der Waals surface area (Å²) in [4.78, 5) is 2.31. The van der Waals surface area contributed by atoms with Gasteiger partial charge >= 0.3 is 0 Å². The summed E-state index contributed by atoms with van der Waals surface area (Å²) in [5.41, 5.74) is 14.0. The number of rotatable bonds is 4. The van der Waals surface area contributed by atoms with Crippen molar-refractivity contribution in [2.45, 2.75) is 5.41 Å². The average Bonchev–Trinajstić information content (AvgIpc) is 3.70. The van der Waals surface area contributed by atoms with Crippen LogP contribution in [0, 0.1) is 0 Å². The zero-order chi connectivity index (χ0) is 34.2. The number of para-hydroxylation sites is 3. The minimum Gasteiger partial charge on any atom is -0.457 e. The van der Waals surface area contributed by atoms with Gasteiger partial charge in [0.15, 0.2) is 0 Å². The molecular formula is C49H31NO2. The van der Waals surface area contributed by atoms with Gasteiger partial charge in [-0.3, -0.25) is 0 Å². The summed E-state index contributed by atoms with van der Waals surface area (Å²) in [6.07, 6.45) is 0. The Hall–Kier alpha value is -6.84. The topological polar surface area (TPSA) is 25.6 Å². The molecule has 0 unspecified atom stereocenters. The molecule has 1 aromatic heterocycles. The van der Waals surface area contributed by atoms with Gasteiger partial charge in [0, 0.05) is 45.0 Å².